The average molecular weight is 188 g/mol. The molecule has 14 heavy (non-hydrogen) atoms. The first-order valence-electron chi connectivity index (χ1n) is 5.57. The van der Waals surface area contributed by atoms with Gasteiger partial charge in [-0.25, -0.2) is 0 Å². The first-order valence-corrected chi connectivity index (χ1v) is 5.57. The van der Waals surface area contributed by atoms with E-state index in [0.29, 0.717) is 6.04 Å². The molecule has 1 aromatic heterocycles. The largest absolute Gasteiger partial charge is 0.313 e. The Morgan fingerprint density at radius 3 is 2.93 bits per heavy atom. The molecule has 3 heterocycles. The van der Waals surface area contributed by atoms with Crippen LogP contribution in [0.15, 0.2) is 24.5 Å². The summed E-state index contributed by atoms with van der Waals surface area (Å²) < 4.78 is 0. The molecule has 1 aromatic rings. The molecule has 4 rings (SSSR count). The van der Waals surface area contributed by atoms with E-state index < -0.39 is 0 Å². The Morgan fingerprint density at radius 2 is 2.36 bits per heavy atom. The first-order chi connectivity index (χ1) is 6.93. The highest BCUT2D eigenvalue weighted by Gasteiger charge is 2.35. The fraction of sp³-hybridized carbons (Fsp3) is 0.583. The van der Waals surface area contributed by atoms with Crippen LogP contribution in [0, 0.1) is 5.92 Å². The third-order valence-corrected chi connectivity index (χ3v) is 3.74. The number of fused-ring (bicyclic) bond motifs is 3. The summed E-state index contributed by atoms with van der Waals surface area (Å²) in [6, 6.07) is 4.99. The molecule has 3 atom stereocenters. The highest BCUT2D eigenvalue weighted by atomic mass is 15.0. The third kappa shape index (κ3) is 1.34. The summed E-state index contributed by atoms with van der Waals surface area (Å²) in [5.41, 5.74) is 1.43. The Balaban J connectivity index is 1.86. The lowest BCUT2D eigenvalue weighted by Crippen LogP contribution is -2.48. The summed E-state index contributed by atoms with van der Waals surface area (Å²) in [6.45, 7) is 1.24. The normalized spacial score (nSPS) is 35.9. The zero-order valence-corrected chi connectivity index (χ0v) is 8.32. The Bertz CT molecular complexity index is 301. The number of hydrogen-bond acceptors (Lipinski definition) is 2. The summed E-state index contributed by atoms with van der Waals surface area (Å²) in [4.78, 5) is 4.22. The maximum Gasteiger partial charge on any atom is 0.0303 e. The van der Waals surface area contributed by atoms with Crippen molar-refractivity contribution < 1.29 is 0 Å². The SMILES string of the molecule is c1cncc(C2CC3CCC2NC3)c1. The van der Waals surface area contributed by atoms with Gasteiger partial charge in [0.2, 0.25) is 0 Å². The van der Waals surface area contributed by atoms with Gasteiger partial charge in [-0.3, -0.25) is 4.98 Å². The van der Waals surface area contributed by atoms with E-state index in [2.05, 4.69) is 22.4 Å². The Labute approximate surface area is 84.7 Å². The van der Waals surface area contributed by atoms with Gasteiger partial charge in [-0.05, 0) is 43.4 Å². The Morgan fingerprint density at radius 1 is 1.36 bits per heavy atom. The topological polar surface area (TPSA) is 24.9 Å². The van der Waals surface area contributed by atoms with E-state index in [1.165, 1.54) is 31.4 Å². The van der Waals surface area contributed by atoms with Crippen molar-refractivity contribution in [3.05, 3.63) is 30.1 Å². The fourth-order valence-corrected chi connectivity index (χ4v) is 2.97. The van der Waals surface area contributed by atoms with Crippen LogP contribution in [0.1, 0.15) is 30.7 Å². The highest BCUT2D eigenvalue weighted by Crippen LogP contribution is 2.39. The van der Waals surface area contributed by atoms with Gasteiger partial charge in [-0.15, -0.1) is 0 Å². The van der Waals surface area contributed by atoms with Crippen LogP contribution in [-0.4, -0.2) is 17.6 Å². The van der Waals surface area contributed by atoms with Crippen LogP contribution in [0.4, 0.5) is 0 Å². The van der Waals surface area contributed by atoms with E-state index in [1.807, 2.05) is 12.4 Å². The summed E-state index contributed by atoms with van der Waals surface area (Å²) in [7, 11) is 0. The minimum Gasteiger partial charge on any atom is -0.313 e. The van der Waals surface area contributed by atoms with Crippen LogP contribution in [0.2, 0.25) is 0 Å². The molecule has 2 heteroatoms. The second-order valence-electron chi connectivity index (χ2n) is 4.59. The number of piperidine rings is 2. The third-order valence-electron chi connectivity index (χ3n) is 3.74. The molecule has 1 N–H and O–H groups in total. The number of nitrogens with one attached hydrogen (secondary N) is 1. The van der Waals surface area contributed by atoms with Crippen molar-refractivity contribution in [1.82, 2.24) is 10.3 Å². The van der Waals surface area contributed by atoms with E-state index in [4.69, 9.17) is 0 Å². The predicted octanol–water partition coefficient (Wildman–Crippen LogP) is 1.94. The van der Waals surface area contributed by atoms with Crippen LogP contribution >= 0.6 is 0 Å². The maximum absolute atomic E-state index is 4.22. The van der Waals surface area contributed by atoms with Gasteiger partial charge in [0.25, 0.3) is 0 Å². The molecule has 1 saturated carbocycles. The number of hydrogen-bond donors (Lipinski definition) is 1. The molecule has 1 aliphatic carbocycles. The molecule has 0 spiro atoms. The minimum absolute atomic E-state index is 0.712. The van der Waals surface area contributed by atoms with Crippen molar-refractivity contribution >= 4 is 0 Å². The second kappa shape index (κ2) is 3.35. The molecule has 3 aliphatic rings. The quantitative estimate of drug-likeness (QED) is 0.728. The van der Waals surface area contributed by atoms with Gasteiger partial charge in [-0.2, -0.15) is 0 Å². The van der Waals surface area contributed by atoms with Crippen molar-refractivity contribution in [2.75, 3.05) is 6.54 Å². The molecule has 2 nitrogen and oxygen atoms in total. The summed E-state index contributed by atoms with van der Waals surface area (Å²) >= 11 is 0. The molecular weight excluding hydrogens is 172 g/mol. The van der Waals surface area contributed by atoms with Gasteiger partial charge in [0.15, 0.2) is 0 Å². The molecule has 2 aliphatic heterocycles. The predicted molar refractivity (Wildman–Crippen MR) is 56.1 cm³/mol. The monoisotopic (exact) mass is 188 g/mol. The molecular formula is C12H16N2. The van der Waals surface area contributed by atoms with E-state index in [-0.39, 0.29) is 0 Å². The second-order valence-corrected chi connectivity index (χ2v) is 4.59. The van der Waals surface area contributed by atoms with Crippen molar-refractivity contribution in [2.24, 2.45) is 5.92 Å². The van der Waals surface area contributed by atoms with Gasteiger partial charge >= 0.3 is 0 Å². The first kappa shape index (κ1) is 8.42. The van der Waals surface area contributed by atoms with E-state index in [9.17, 15) is 0 Å². The smallest absolute Gasteiger partial charge is 0.0303 e. The molecule has 74 valence electrons. The summed E-state index contributed by atoms with van der Waals surface area (Å²) in [5, 5.41) is 3.64. The molecule has 2 saturated heterocycles. The van der Waals surface area contributed by atoms with Crippen LogP contribution in [-0.2, 0) is 0 Å². The van der Waals surface area contributed by atoms with E-state index in [1.54, 1.807) is 0 Å². The zero-order chi connectivity index (χ0) is 9.38. The van der Waals surface area contributed by atoms with Crippen molar-refractivity contribution in [2.45, 2.75) is 31.2 Å². The van der Waals surface area contributed by atoms with Gasteiger partial charge in [0, 0.05) is 24.4 Å². The number of rotatable bonds is 1. The number of aromatic nitrogens is 1. The van der Waals surface area contributed by atoms with Crippen molar-refractivity contribution in [1.29, 1.82) is 0 Å². The highest BCUT2D eigenvalue weighted by molar-refractivity contribution is 5.19. The van der Waals surface area contributed by atoms with Crippen LogP contribution < -0.4 is 5.32 Å². The minimum atomic E-state index is 0.712. The number of nitrogens with zero attached hydrogens (tertiary/aromatic N) is 1. The lowest BCUT2D eigenvalue weighted by molar-refractivity contribution is 0.183. The molecule has 0 aromatic carbocycles. The standard InChI is InChI=1S/C12H16N2/c1-2-10(8-13-5-1)11-6-9-3-4-12(11)14-7-9/h1-2,5,8-9,11-12,14H,3-4,6-7H2. The lowest BCUT2D eigenvalue weighted by Gasteiger charge is -2.43. The molecule has 0 amide bonds. The zero-order valence-electron chi connectivity index (χ0n) is 8.32. The number of pyridine rings is 1. The molecule has 0 radical (unpaired) electrons. The van der Waals surface area contributed by atoms with Gasteiger partial charge in [0.05, 0.1) is 0 Å². The summed E-state index contributed by atoms with van der Waals surface area (Å²) in [6.07, 6.45) is 8.03. The van der Waals surface area contributed by atoms with E-state index >= 15 is 0 Å². The van der Waals surface area contributed by atoms with Crippen LogP contribution in [0.3, 0.4) is 0 Å². The van der Waals surface area contributed by atoms with Gasteiger partial charge < -0.3 is 5.32 Å². The Kier molecular flexibility index (Phi) is 2.02. The van der Waals surface area contributed by atoms with Crippen molar-refractivity contribution in [3.8, 4) is 0 Å². The molecule has 3 fully saturated rings. The lowest BCUT2D eigenvalue weighted by atomic mass is 9.72. The van der Waals surface area contributed by atoms with Gasteiger partial charge in [-0.1, -0.05) is 6.07 Å². The Hall–Kier alpha value is -0.890. The molecule has 2 bridgehead atoms. The van der Waals surface area contributed by atoms with E-state index in [0.717, 1.165) is 11.8 Å². The van der Waals surface area contributed by atoms with Crippen molar-refractivity contribution in [3.63, 3.8) is 0 Å². The van der Waals surface area contributed by atoms with Crippen LogP contribution in [0.5, 0.6) is 0 Å². The summed E-state index contributed by atoms with van der Waals surface area (Å²) in [5.74, 6) is 1.63. The van der Waals surface area contributed by atoms with Crippen LogP contribution in [0.25, 0.3) is 0 Å². The molecule has 3 unspecified atom stereocenters. The average Bonchev–Trinajstić information content (AvgIpc) is 2.32. The fourth-order valence-electron chi connectivity index (χ4n) is 2.97. The maximum atomic E-state index is 4.22. The van der Waals surface area contributed by atoms with Gasteiger partial charge in [0.1, 0.15) is 0 Å².